The van der Waals surface area contributed by atoms with Crippen LogP contribution < -0.4 is 4.90 Å². The van der Waals surface area contributed by atoms with Gasteiger partial charge in [0.15, 0.2) is 5.54 Å². The first-order valence-electron chi connectivity index (χ1n) is 11.3. The minimum atomic E-state index is -1.83. The minimum Gasteiger partial charge on any atom is -0.507 e. The molecule has 34 heavy (non-hydrogen) atoms. The number of Topliss-reactive ketones (excluding diaryl/α,β-unsaturated/α-hetero) is 1. The third-order valence-corrected chi connectivity index (χ3v) is 6.43. The van der Waals surface area contributed by atoms with Crippen molar-refractivity contribution in [3.63, 3.8) is 0 Å². The van der Waals surface area contributed by atoms with Gasteiger partial charge < -0.3 is 19.6 Å². The number of aliphatic hydroxyl groups is 1. The maximum absolute atomic E-state index is 14.3. The second kappa shape index (κ2) is 9.02. The van der Waals surface area contributed by atoms with Crippen molar-refractivity contribution >= 4 is 29.0 Å². The van der Waals surface area contributed by atoms with E-state index in [1.807, 2.05) is 6.92 Å². The second-order valence-corrected chi connectivity index (χ2v) is 8.50. The number of methoxy groups -OCH3 is 1. The van der Waals surface area contributed by atoms with Crippen molar-refractivity contribution in [2.24, 2.45) is 0 Å². The van der Waals surface area contributed by atoms with Crippen LogP contribution in [-0.2, 0) is 24.7 Å². The molecule has 1 spiro atoms. The van der Waals surface area contributed by atoms with E-state index in [4.69, 9.17) is 4.74 Å². The number of hydrogen-bond acceptors (Lipinski definition) is 5. The summed E-state index contributed by atoms with van der Waals surface area (Å²) < 4.78 is 19.5. The zero-order chi connectivity index (χ0) is 24.6. The standard InChI is InChI=1S/C26H27FN2O5/c1-4-12-28-20-9-6-5-8-18(20)26(25(28)33)21(22(30)17-11-10-16(2)19(27)15-17)23(31)24(32)29(26)13-7-14-34-3/h5-6,8-11,15,30H,4,7,12-14H2,1-3H3/b22-21+. The lowest BCUT2D eigenvalue weighted by atomic mass is 9.81. The molecule has 0 bridgehead atoms. The monoisotopic (exact) mass is 466 g/mol. The fourth-order valence-corrected chi connectivity index (χ4v) is 4.86. The van der Waals surface area contributed by atoms with Crippen LogP contribution in [0.3, 0.4) is 0 Å². The number of aliphatic hydroxyl groups excluding tert-OH is 1. The maximum Gasteiger partial charge on any atom is 0.296 e. The van der Waals surface area contributed by atoms with E-state index in [9.17, 15) is 23.9 Å². The van der Waals surface area contributed by atoms with Crippen LogP contribution >= 0.6 is 0 Å². The number of rotatable bonds is 7. The van der Waals surface area contributed by atoms with Gasteiger partial charge in [-0.1, -0.05) is 37.3 Å². The van der Waals surface area contributed by atoms with E-state index in [1.165, 1.54) is 24.1 Å². The van der Waals surface area contributed by atoms with Crippen LogP contribution in [0.4, 0.5) is 10.1 Å². The van der Waals surface area contributed by atoms with Gasteiger partial charge in [-0.15, -0.1) is 0 Å². The molecule has 2 aromatic carbocycles. The van der Waals surface area contributed by atoms with Crippen LogP contribution in [0.15, 0.2) is 48.0 Å². The number of para-hydroxylation sites is 1. The van der Waals surface area contributed by atoms with Crippen LogP contribution in [-0.4, -0.2) is 54.4 Å². The van der Waals surface area contributed by atoms with Gasteiger partial charge in [-0.05, 0) is 37.5 Å². The van der Waals surface area contributed by atoms with E-state index in [2.05, 4.69) is 0 Å². The molecule has 1 N–H and O–H groups in total. The van der Waals surface area contributed by atoms with Crippen molar-refractivity contribution in [1.29, 1.82) is 0 Å². The highest BCUT2D eigenvalue weighted by Crippen LogP contribution is 2.53. The maximum atomic E-state index is 14.3. The SMILES string of the molecule is CCCN1C(=O)C2(/C(=C(/O)c3ccc(C)c(F)c3)C(=O)C(=O)N2CCCOC)c2ccccc21. The van der Waals surface area contributed by atoms with Gasteiger partial charge in [0.1, 0.15) is 11.6 Å². The number of ketones is 1. The summed E-state index contributed by atoms with van der Waals surface area (Å²) in [5, 5.41) is 11.3. The minimum absolute atomic E-state index is 0.0246. The molecular formula is C26H27FN2O5. The number of halogens is 1. The molecule has 1 atom stereocenters. The van der Waals surface area contributed by atoms with E-state index in [-0.39, 0.29) is 17.7 Å². The highest BCUT2D eigenvalue weighted by molar-refractivity contribution is 6.50. The van der Waals surface area contributed by atoms with Crippen molar-refractivity contribution in [3.8, 4) is 0 Å². The summed E-state index contributed by atoms with van der Waals surface area (Å²) in [5.41, 5.74) is -0.763. The molecule has 2 aliphatic rings. The van der Waals surface area contributed by atoms with Crippen LogP contribution in [0.1, 0.15) is 36.5 Å². The number of benzene rings is 2. The quantitative estimate of drug-likeness (QED) is 0.292. The summed E-state index contributed by atoms with van der Waals surface area (Å²) in [5.74, 6) is -3.49. The average Bonchev–Trinajstić information content (AvgIpc) is 3.20. The molecule has 1 unspecified atom stereocenters. The number of anilines is 1. The molecule has 0 radical (unpaired) electrons. The smallest absolute Gasteiger partial charge is 0.296 e. The fraction of sp³-hybridized carbons (Fsp3) is 0.346. The van der Waals surface area contributed by atoms with Gasteiger partial charge in [-0.2, -0.15) is 0 Å². The van der Waals surface area contributed by atoms with E-state index in [0.29, 0.717) is 42.8 Å². The number of carbonyl (C=O) groups is 3. The zero-order valence-electron chi connectivity index (χ0n) is 19.4. The molecule has 0 aliphatic carbocycles. The molecule has 2 aliphatic heterocycles. The molecule has 2 heterocycles. The van der Waals surface area contributed by atoms with E-state index < -0.39 is 34.7 Å². The van der Waals surface area contributed by atoms with Gasteiger partial charge in [-0.25, -0.2) is 4.39 Å². The lowest BCUT2D eigenvalue weighted by Crippen LogP contribution is -2.52. The Labute approximate surface area is 197 Å². The number of aryl methyl sites for hydroxylation is 1. The number of amides is 2. The molecule has 7 nitrogen and oxygen atoms in total. The Morgan fingerprint density at radius 2 is 1.85 bits per heavy atom. The third kappa shape index (κ3) is 3.32. The van der Waals surface area contributed by atoms with Gasteiger partial charge in [0.25, 0.3) is 17.6 Å². The summed E-state index contributed by atoms with van der Waals surface area (Å²) in [4.78, 5) is 43.6. The van der Waals surface area contributed by atoms with Crippen LogP contribution in [0.25, 0.3) is 5.76 Å². The third-order valence-electron chi connectivity index (χ3n) is 6.43. The first-order valence-corrected chi connectivity index (χ1v) is 11.3. The summed E-state index contributed by atoms with van der Waals surface area (Å²) in [6.07, 6.45) is 1.03. The van der Waals surface area contributed by atoms with Crippen molar-refractivity contribution < 1.29 is 28.6 Å². The molecule has 0 aromatic heterocycles. The molecular weight excluding hydrogens is 439 g/mol. The van der Waals surface area contributed by atoms with Crippen molar-refractivity contribution in [2.45, 2.75) is 32.2 Å². The molecule has 8 heteroatoms. The van der Waals surface area contributed by atoms with E-state index >= 15 is 0 Å². The normalized spacial score (nSPS) is 21.1. The largest absolute Gasteiger partial charge is 0.507 e. The average molecular weight is 467 g/mol. The van der Waals surface area contributed by atoms with Crippen molar-refractivity contribution in [2.75, 3.05) is 31.7 Å². The van der Waals surface area contributed by atoms with Gasteiger partial charge in [-0.3, -0.25) is 14.4 Å². The summed E-state index contributed by atoms with van der Waals surface area (Å²) in [7, 11) is 1.52. The Bertz CT molecular complexity index is 1210. The Hall–Kier alpha value is -3.52. The summed E-state index contributed by atoms with van der Waals surface area (Å²) in [6.45, 7) is 4.25. The van der Waals surface area contributed by atoms with E-state index in [1.54, 1.807) is 36.1 Å². The number of hydrogen-bond donors (Lipinski definition) is 1. The molecule has 2 aromatic rings. The first-order chi connectivity index (χ1) is 16.3. The number of likely N-dealkylation sites (tertiary alicyclic amines) is 1. The predicted molar refractivity (Wildman–Crippen MR) is 125 cm³/mol. The molecule has 4 rings (SSSR count). The number of ether oxygens (including phenoxy) is 1. The van der Waals surface area contributed by atoms with Gasteiger partial charge in [0.05, 0.1) is 11.3 Å². The van der Waals surface area contributed by atoms with Crippen molar-refractivity contribution in [3.05, 3.63) is 70.5 Å². The van der Waals surface area contributed by atoms with Gasteiger partial charge >= 0.3 is 0 Å². The summed E-state index contributed by atoms with van der Waals surface area (Å²) >= 11 is 0. The van der Waals surface area contributed by atoms with Crippen LogP contribution in [0, 0.1) is 12.7 Å². The van der Waals surface area contributed by atoms with Crippen LogP contribution in [0.5, 0.6) is 0 Å². The zero-order valence-corrected chi connectivity index (χ0v) is 19.4. The first kappa shape index (κ1) is 23.6. The molecule has 0 saturated carbocycles. The Kier molecular flexibility index (Phi) is 6.27. The Balaban J connectivity index is 2.03. The Morgan fingerprint density at radius 3 is 2.53 bits per heavy atom. The molecule has 178 valence electrons. The second-order valence-electron chi connectivity index (χ2n) is 8.50. The lowest BCUT2D eigenvalue weighted by Gasteiger charge is -2.34. The van der Waals surface area contributed by atoms with Gasteiger partial charge in [0.2, 0.25) is 0 Å². The highest BCUT2D eigenvalue weighted by Gasteiger charge is 2.66. The number of fused-ring (bicyclic) bond motifs is 2. The topological polar surface area (TPSA) is 87.2 Å². The predicted octanol–water partition coefficient (Wildman–Crippen LogP) is 3.50. The van der Waals surface area contributed by atoms with E-state index in [0.717, 1.165) is 6.07 Å². The lowest BCUT2D eigenvalue weighted by molar-refractivity contribution is -0.143. The van der Waals surface area contributed by atoms with Gasteiger partial charge in [0, 0.05) is 37.9 Å². The molecule has 1 saturated heterocycles. The molecule has 1 fully saturated rings. The summed E-state index contributed by atoms with van der Waals surface area (Å²) in [6, 6.07) is 11.0. The number of carbonyl (C=O) groups excluding carboxylic acids is 3. The fourth-order valence-electron chi connectivity index (χ4n) is 4.86. The van der Waals surface area contributed by atoms with Crippen molar-refractivity contribution in [1.82, 2.24) is 4.90 Å². The highest BCUT2D eigenvalue weighted by atomic mass is 19.1. The Morgan fingerprint density at radius 1 is 1.12 bits per heavy atom. The molecule has 2 amide bonds. The van der Waals surface area contributed by atoms with Crippen LogP contribution in [0.2, 0.25) is 0 Å². The number of nitrogens with zero attached hydrogens (tertiary/aromatic N) is 2.